The van der Waals surface area contributed by atoms with Crippen molar-refractivity contribution in [3.05, 3.63) is 42.5 Å². The fraction of sp³-hybridized carbons (Fsp3) is 0.500. The van der Waals surface area contributed by atoms with Gasteiger partial charge in [-0.25, -0.2) is 8.42 Å². The molecular weight excluding hydrogens is 326 g/mol. The molecule has 0 unspecified atom stereocenters. The van der Waals surface area contributed by atoms with E-state index in [2.05, 4.69) is 6.58 Å². The average molecular weight is 351 g/mol. The summed E-state index contributed by atoms with van der Waals surface area (Å²) in [7, 11) is -2.96. The van der Waals surface area contributed by atoms with E-state index in [1.807, 2.05) is 31.2 Å². The van der Waals surface area contributed by atoms with Crippen molar-refractivity contribution in [2.24, 2.45) is 5.92 Å². The molecule has 0 aliphatic carbocycles. The minimum absolute atomic E-state index is 0.0333. The maximum Gasteiger partial charge on any atom is 0.226 e. The zero-order valence-corrected chi connectivity index (χ0v) is 14.9. The first-order valence-electron chi connectivity index (χ1n) is 8.27. The summed E-state index contributed by atoms with van der Waals surface area (Å²) in [4.78, 5) is 14.5. The van der Waals surface area contributed by atoms with E-state index in [0.29, 0.717) is 32.5 Å². The number of carbonyl (C=O) groups is 1. The van der Waals surface area contributed by atoms with Crippen LogP contribution in [0.3, 0.4) is 0 Å². The van der Waals surface area contributed by atoms with E-state index in [1.165, 1.54) is 0 Å². The van der Waals surface area contributed by atoms with Gasteiger partial charge in [0.1, 0.15) is 22.2 Å². The summed E-state index contributed by atoms with van der Waals surface area (Å²) in [6.45, 7) is 7.04. The molecule has 0 radical (unpaired) electrons. The van der Waals surface area contributed by atoms with Gasteiger partial charge in [-0.1, -0.05) is 30.9 Å². The summed E-state index contributed by atoms with van der Waals surface area (Å²) < 4.78 is 28.7. The highest BCUT2D eigenvalue weighted by Crippen LogP contribution is 2.24. The number of hydrogen-bond donors (Lipinski definition) is 0. The zero-order valence-electron chi connectivity index (χ0n) is 14.1. The molecule has 1 amide bonds. The summed E-state index contributed by atoms with van der Waals surface area (Å²) >= 11 is 0. The predicted molar refractivity (Wildman–Crippen MR) is 94.6 cm³/mol. The molecule has 5 nitrogen and oxygen atoms in total. The first-order chi connectivity index (χ1) is 11.5. The Morgan fingerprint density at radius 3 is 2.62 bits per heavy atom. The van der Waals surface area contributed by atoms with Crippen molar-refractivity contribution < 1.29 is 17.9 Å². The molecule has 24 heavy (non-hydrogen) atoms. The van der Waals surface area contributed by atoms with Crippen LogP contribution in [0, 0.1) is 5.92 Å². The lowest BCUT2D eigenvalue weighted by Crippen LogP contribution is -2.39. The molecule has 0 aromatic heterocycles. The number of hydrogen-bond acceptors (Lipinski definition) is 4. The fourth-order valence-electron chi connectivity index (χ4n) is 2.87. The zero-order chi connectivity index (χ0) is 17.6. The monoisotopic (exact) mass is 351 g/mol. The molecular formula is C18H25NO4S. The lowest BCUT2D eigenvalue weighted by molar-refractivity contribution is -0.136. The highest BCUT2D eigenvalue weighted by Gasteiger charge is 2.31. The van der Waals surface area contributed by atoms with Gasteiger partial charge in [-0.3, -0.25) is 4.79 Å². The molecule has 0 atom stereocenters. The van der Waals surface area contributed by atoms with Gasteiger partial charge in [0.2, 0.25) is 5.91 Å². The molecule has 0 saturated carbocycles. The van der Waals surface area contributed by atoms with Crippen LogP contribution < -0.4 is 4.74 Å². The van der Waals surface area contributed by atoms with E-state index in [4.69, 9.17) is 4.74 Å². The number of rotatable bonds is 7. The van der Waals surface area contributed by atoms with Crippen molar-refractivity contribution in [2.75, 3.05) is 24.7 Å². The molecule has 1 saturated heterocycles. The van der Waals surface area contributed by atoms with Gasteiger partial charge in [0, 0.05) is 24.6 Å². The maximum absolute atomic E-state index is 12.7. The highest BCUT2D eigenvalue weighted by atomic mass is 32.2. The average Bonchev–Trinajstić information content (AvgIpc) is 2.58. The molecule has 0 spiro atoms. The summed E-state index contributed by atoms with van der Waals surface area (Å²) in [5, 5.41) is 0. The van der Waals surface area contributed by atoms with Crippen LogP contribution in [-0.2, 0) is 21.2 Å². The molecule has 1 aromatic carbocycles. The van der Waals surface area contributed by atoms with Gasteiger partial charge in [-0.15, -0.1) is 0 Å². The number of carbonyl (C=O) groups excluding carboxylic acids is 1. The minimum Gasteiger partial charge on any atom is -0.489 e. The van der Waals surface area contributed by atoms with Crippen molar-refractivity contribution in [1.29, 1.82) is 0 Å². The van der Waals surface area contributed by atoms with E-state index in [1.54, 1.807) is 11.0 Å². The molecule has 2 rings (SSSR count). The van der Waals surface area contributed by atoms with Crippen molar-refractivity contribution in [3.63, 3.8) is 0 Å². The minimum atomic E-state index is -2.96. The Kier molecular flexibility index (Phi) is 6.43. The Labute approximate surface area is 144 Å². The summed E-state index contributed by atoms with van der Waals surface area (Å²) in [5.41, 5.74) is 0.943. The standard InChI is InChI=1S/C18H25NO4S/c1-3-11-23-17-8-6-5-7-16(17)14-19(4-2)18(20)15-9-12-24(21,22)13-10-15/h3,5-8,15H,1,4,9-14H2,2H3. The Hall–Kier alpha value is -1.82. The number of nitrogens with zero attached hydrogens (tertiary/aromatic N) is 1. The van der Waals surface area contributed by atoms with Crippen molar-refractivity contribution in [3.8, 4) is 5.75 Å². The maximum atomic E-state index is 12.7. The summed E-state index contributed by atoms with van der Waals surface area (Å²) in [6.07, 6.45) is 2.53. The molecule has 6 heteroatoms. The van der Waals surface area contributed by atoms with Gasteiger partial charge in [0.15, 0.2) is 0 Å². The number of sulfone groups is 1. The van der Waals surface area contributed by atoms with Gasteiger partial charge in [-0.2, -0.15) is 0 Å². The Balaban J connectivity index is 2.06. The Bertz CT molecular complexity index is 670. The summed E-state index contributed by atoms with van der Waals surface area (Å²) in [6, 6.07) is 7.64. The van der Waals surface area contributed by atoms with E-state index >= 15 is 0 Å². The first kappa shape index (κ1) is 18.5. The lowest BCUT2D eigenvalue weighted by atomic mass is 10.0. The first-order valence-corrected chi connectivity index (χ1v) is 10.1. The second-order valence-corrected chi connectivity index (χ2v) is 8.29. The molecule has 1 aliphatic heterocycles. The molecule has 0 N–H and O–H groups in total. The second-order valence-electron chi connectivity index (χ2n) is 5.99. The van der Waals surface area contributed by atoms with Crippen LogP contribution in [0.4, 0.5) is 0 Å². The smallest absolute Gasteiger partial charge is 0.226 e. The van der Waals surface area contributed by atoms with Gasteiger partial charge in [-0.05, 0) is 25.8 Å². The Morgan fingerprint density at radius 1 is 1.33 bits per heavy atom. The van der Waals surface area contributed by atoms with Gasteiger partial charge in [0.05, 0.1) is 11.5 Å². The highest BCUT2D eigenvalue weighted by molar-refractivity contribution is 7.91. The van der Waals surface area contributed by atoms with Crippen LogP contribution in [0.15, 0.2) is 36.9 Å². The van der Waals surface area contributed by atoms with Crippen LogP contribution in [0.2, 0.25) is 0 Å². The third kappa shape index (κ3) is 4.84. The predicted octanol–water partition coefficient (Wildman–Crippen LogP) is 2.42. The SMILES string of the molecule is C=CCOc1ccccc1CN(CC)C(=O)C1CCS(=O)(=O)CC1. The molecule has 1 fully saturated rings. The molecule has 1 aromatic rings. The van der Waals surface area contributed by atoms with E-state index < -0.39 is 9.84 Å². The van der Waals surface area contributed by atoms with Crippen LogP contribution in [-0.4, -0.2) is 43.9 Å². The quantitative estimate of drug-likeness (QED) is 0.708. The summed E-state index contributed by atoms with van der Waals surface area (Å²) in [5.74, 6) is 0.801. The largest absolute Gasteiger partial charge is 0.489 e. The molecule has 0 bridgehead atoms. The number of benzene rings is 1. The number of amides is 1. The van der Waals surface area contributed by atoms with Crippen molar-refractivity contribution >= 4 is 15.7 Å². The lowest BCUT2D eigenvalue weighted by Gasteiger charge is -2.29. The topological polar surface area (TPSA) is 63.7 Å². The second kappa shape index (κ2) is 8.33. The third-order valence-electron chi connectivity index (χ3n) is 4.29. The van der Waals surface area contributed by atoms with Crippen LogP contribution in [0.1, 0.15) is 25.3 Å². The van der Waals surface area contributed by atoms with Gasteiger partial charge < -0.3 is 9.64 Å². The van der Waals surface area contributed by atoms with E-state index in [9.17, 15) is 13.2 Å². The van der Waals surface area contributed by atoms with Gasteiger partial charge >= 0.3 is 0 Å². The van der Waals surface area contributed by atoms with Crippen LogP contribution >= 0.6 is 0 Å². The molecule has 1 aliphatic rings. The van der Waals surface area contributed by atoms with E-state index in [-0.39, 0.29) is 23.3 Å². The van der Waals surface area contributed by atoms with Crippen molar-refractivity contribution in [1.82, 2.24) is 4.90 Å². The number of para-hydroxylation sites is 1. The van der Waals surface area contributed by atoms with Crippen molar-refractivity contribution in [2.45, 2.75) is 26.3 Å². The van der Waals surface area contributed by atoms with Crippen LogP contribution in [0.5, 0.6) is 5.75 Å². The van der Waals surface area contributed by atoms with Crippen LogP contribution in [0.25, 0.3) is 0 Å². The number of ether oxygens (including phenoxy) is 1. The fourth-order valence-corrected chi connectivity index (χ4v) is 4.36. The van der Waals surface area contributed by atoms with Gasteiger partial charge in [0.25, 0.3) is 0 Å². The van der Waals surface area contributed by atoms with E-state index in [0.717, 1.165) is 11.3 Å². The Morgan fingerprint density at radius 2 is 2.00 bits per heavy atom. The third-order valence-corrected chi connectivity index (χ3v) is 6.00. The normalized spacial score (nSPS) is 17.2. The molecule has 132 valence electrons. The molecule has 1 heterocycles.